The minimum absolute atomic E-state index is 0.142. The summed E-state index contributed by atoms with van der Waals surface area (Å²) in [4.78, 5) is 44.7. The van der Waals surface area contributed by atoms with Crippen molar-refractivity contribution in [3.05, 3.63) is 71.8 Å². The molecular weight excluding hydrogens is 756 g/mol. The molecule has 15 nitrogen and oxygen atoms in total. The van der Waals surface area contributed by atoms with Gasteiger partial charge in [0.1, 0.15) is 28.3 Å². The Morgan fingerprint density at radius 2 is 1.48 bits per heavy atom. The lowest BCUT2D eigenvalue weighted by Crippen LogP contribution is -2.77. The Kier molecular flexibility index (Phi) is 8.59. The molecule has 0 aromatic heterocycles. The second-order valence-electron chi connectivity index (χ2n) is 17.8. The number of fused-ring (bicyclic) bond motifs is 7. The minimum Gasteiger partial charge on any atom is -0.468 e. The van der Waals surface area contributed by atoms with Crippen molar-refractivity contribution in [2.24, 2.45) is 34.0 Å². The predicted molar refractivity (Wildman–Crippen MR) is 195 cm³/mol. The highest BCUT2D eigenvalue weighted by atomic mass is 16.8. The molecule has 5 heterocycles. The first-order chi connectivity index (χ1) is 27.8. The van der Waals surface area contributed by atoms with Crippen LogP contribution < -0.4 is 0 Å². The molecule has 3 aliphatic carbocycles. The van der Waals surface area contributed by atoms with Gasteiger partial charge in [-0.25, -0.2) is 4.79 Å². The van der Waals surface area contributed by atoms with Gasteiger partial charge in [-0.2, -0.15) is 0 Å². The molecule has 0 unspecified atom stereocenters. The molecule has 16 atom stereocenters. The smallest absolute Gasteiger partial charge is 0.366 e. The van der Waals surface area contributed by atoms with Gasteiger partial charge in [0.15, 0.2) is 18.4 Å². The van der Waals surface area contributed by atoms with Gasteiger partial charge in [-0.3, -0.25) is 9.59 Å². The topological polar surface area (TPSA) is 187 Å². The zero-order valence-electron chi connectivity index (χ0n) is 33.1. The number of esters is 2. The molecule has 2 aromatic rings. The van der Waals surface area contributed by atoms with Crippen molar-refractivity contribution in [2.75, 3.05) is 34.5 Å². The maximum absolute atomic E-state index is 16.0. The molecule has 10 rings (SSSR count). The number of Topliss-reactive ketones (excluding diaryl/α,β-unsaturated/α-hetero) is 1. The van der Waals surface area contributed by atoms with Crippen molar-refractivity contribution < 1.29 is 72.0 Å². The monoisotopic (exact) mass is 806 g/mol. The van der Waals surface area contributed by atoms with E-state index in [0.29, 0.717) is 18.4 Å². The second kappa shape index (κ2) is 12.8. The highest BCUT2D eigenvalue weighted by Crippen LogP contribution is 2.82. The van der Waals surface area contributed by atoms with Crippen LogP contribution in [0.25, 0.3) is 0 Å². The summed E-state index contributed by atoms with van der Waals surface area (Å²) in [6.45, 7) is 3.03. The molecule has 5 saturated heterocycles. The maximum atomic E-state index is 16.0. The van der Waals surface area contributed by atoms with Crippen LogP contribution in [0.15, 0.2) is 60.7 Å². The summed E-state index contributed by atoms with van der Waals surface area (Å²) in [5.74, 6) is -7.57. The SMILES string of the molecule is COC(=O)[C@@]1(OCc2ccccc2)OC[C@]23[C@@H]1[C@](C)([C@]14O[C@@]1(C)[C@@H]1C[C@@H]4O[C@@H]4O[C@H](OC)C[C@@]41OCc1ccccc1)C(=O)[C@@H]1OC[C@](C(=O)OC)([C@H](O)C[C@@H]2O)[C@H]13. The van der Waals surface area contributed by atoms with Crippen molar-refractivity contribution in [1.29, 1.82) is 0 Å². The predicted octanol–water partition coefficient (Wildman–Crippen LogP) is 2.22. The molecule has 8 aliphatic rings. The van der Waals surface area contributed by atoms with Crippen LogP contribution in [0, 0.1) is 34.0 Å². The van der Waals surface area contributed by atoms with E-state index in [1.165, 1.54) is 14.2 Å². The van der Waals surface area contributed by atoms with E-state index in [9.17, 15) is 19.8 Å². The molecule has 0 radical (unpaired) electrons. The van der Waals surface area contributed by atoms with Gasteiger partial charge in [0.2, 0.25) is 0 Å². The van der Waals surface area contributed by atoms with Crippen molar-refractivity contribution in [1.82, 2.24) is 0 Å². The lowest BCUT2D eigenvalue weighted by molar-refractivity contribution is -0.312. The Balaban J connectivity index is 1.16. The number of carbonyl (C=O) groups excluding carboxylic acids is 3. The number of aliphatic hydroxyl groups excluding tert-OH is 2. The molecule has 0 amide bonds. The fraction of sp³-hybridized carbons (Fsp3) is 0.651. The molecule has 2 bridgehead atoms. The van der Waals surface area contributed by atoms with E-state index in [1.807, 2.05) is 67.6 Å². The highest BCUT2D eigenvalue weighted by Gasteiger charge is 2.97. The Hall–Kier alpha value is -3.35. The molecule has 5 aliphatic heterocycles. The number of hydrogen-bond donors (Lipinski definition) is 2. The number of ether oxygens (including phenoxy) is 10. The first-order valence-electron chi connectivity index (χ1n) is 20.0. The van der Waals surface area contributed by atoms with Crippen LogP contribution in [0.1, 0.15) is 44.2 Å². The lowest BCUT2D eigenvalue weighted by Gasteiger charge is -2.63. The number of methoxy groups -OCH3 is 3. The maximum Gasteiger partial charge on any atom is 0.366 e. The molecule has 1 spiro atoms. The van der Waals surface area contributed by atoms with Gasteiger partial charge in [0.05, 0.1) is 70.3 Å². The van der Waals surface area contributed by atoms with Crippen molar-refractivity contribution >= 4 is 17.7 Å². The van der Waals surface area contributed by atoms with E-state index in [1.54, 1.807) is 14.0 Å². The fourth-order valence-corrected chi connectivity index (χ4v) is 13.5. The van der Waals surface area contributed by atoms with Gasteiger partial charge in [0.25, 0.3) is 5.79 Å². The number of aliphatic hydroxyl groups is 2. The molecule has 3 saturated carbocycles. The van der Waals surface area contributed by atoms with Crippen molar-refractivity contribution in [2.45, 2.75) is 106 Å². The summed E-state index contributed by atoms with van der Waals surface area (Å²) in [6.07, 6.45) is -6.18. The first-order valence-corrected chi connectivity index (χ1v) is 20.0. The van der Waals surface area contributed by atoms with E-state index in [0.717, 1.165) is 5.56 Å². The van der Waals surface area contributed by atoms with Gasteiger partial charge in [-0.15, -0.1) is 0 Å². The van der Waals surface area contributed by atoms with Gasteiger partial charge in [-0.05, 0) is 31.4 Å². The van der Waals surface area contributed by atoms with Crippen LogP contribution >= 0.6 is 0 Å². The Morgan fingerprint density at radius 1 is 0.828 bits per heavy atom. The van der Waals surface area contributed by atoms with Gasteiger partial charge >= 0.3 is 11.9 Å². The summed E-state index contributed by atoms with van der Waals surface area (Å²) < 4.78 is 63.7. The summed E-state index contributed by atoms with van der Waals surface area (Å²) in [6, 6.07) is 18.9. The number of rotatable bonds is 10. The third kappa shape index (κ3) is 4.40. The Labute approximate surface area is 335 Å². The standard InChI is InChI=1S/C43H50O15/c1-37(43-28-16-25(38(43,2)58-43)41(18-29(49-3)57-36(41)56-28)53-19-23-12-8-6-9-13-23)32(46)30-31-39(26(44)17-27(45)40(31,21-52-30)34(47)50-4)22-55-42(33(37)39,35(48)51-5)54-20-24-14-10-7-11-15-24/h6-15,25-31,33,36,44-45H,16-22H2,1-5H3/t25-,26-,27+,28-,29-,30+,31+,33-,36+,37+,38-,39-,40-,41-,42-,43-/m0/s1. The van der Waals surface area contributed by atoms with E-state index in [-0.39, 0.29) is 32.8 Å². The molecule has 8 fully saturated rings. The number of ketones is 1. The molecule has 2 N–H and O–H groups in total. The number of benzene rings is 2. The number of carbonyl (C=O) groups is 3. The molecule has 312 valence electrons. The first kappa shape index (κ1) is 38.8. The van der Waals surface area contributed by atoms with E-state index >= 15 is 4.79 Å². The summed E-state index contributed by atoms with van der Waals surface area (Å²) in [5.41, 5.74) is -7.31. The van der Waals surface area contributed by atoms with E-state index in [4.69, 9.17) is 47.4 Å². The Morgan fingerprint density at radius 3 is 2.12 bits per heavy atom. The summed E-state index contributed by atoms with van der Waals surface area (Å²) >= 11 is 0. The van der Waals surface area contributed by atoms with Crippen molar-refractivity contribution in [3.63, 3.8) is 0 Å². The summed E-state index contributed by atoms with van der Waals surface area (Å²) in [5, 5.41) is 24.3. The van der Waals surface area contributed by atoms with Crippen LogP contribution in [0.2, 0.25) is 0 Å². The fourth-order valence-electron chi connectivity index (χ4n) is 13.5. The number of epoxide rings is 1. The van der Waals surface area contributed by atoms with E-state index in [2.05, 4.69) is 0 Å². The lowest BCUT2D eigenvalue weighted by atomic mass is 9.38. The van der Waals surface area contributed by atoms with Crippen LogP contribution in [0.5, 0.6) is 0 Å². The van der Waals surface area contributed by atoms with Gasteiger partial charge in [-0.1, -0.05) is 60.7 Å². The summed E-state index contributed by atoms with van der Waals surface area (Å²) in [7, 11) is 3.97. The second-order valence-corrected chi connectivity index (χ2v) is 17.8. The average molecular weight is 807 g/mol. The Bertz CT molecular complexity index is 2000. The van der Waals surface area contributed by atoms with E-state index < -0.39 is 111 Å². The normalized spacial score (nSPS) is 49.1. The van der Waals surface area contributed by atoms with Gasteiger partial charge < -0.3 is 57.6 Å². The third-order valence-corrected chi connectivity index (χ3v) is 15.8. The van der Waals surface area contributed by atoms with Crippen LogP contribution in [-0.2, 0) is 75.0 Å². The quantitative estimate of drug-likeness (QED) is 0.263. The minimum atomic E-state index is -2.33. The van der Waals surface area contributed by atoms with Gasteiger partial charge in [0, 0.05) is 37.2 Å². The largest absolute Gasteiger partial charge is 0.468 e. The zero-order valence-corrected chi connectivity index (χ0v) is 33.1. The third-order valence-electron chi connectivity index (χ3n) is 15.8. The average Bonchev–Trinajstić information content (AvgIpc) is 3.62. The number of hydrogen-bond acceptors (Lipinski definition) is 15. The van der Waals surface area contributed by atoms with Crippen LogP contribution in [0.3, 0.4) is 0 Å². The molecule has 15 heteroatoms. The van der Waals surface area contributed by atoms with Crippen molar-refractivity contribution in [3.8, 4) is 0 Å². The zero-order chi connectivity index (χ0) is 40.7. The van der Waals surface area contributed by atoms with Crippen LogP contribution in [0.4, 0.5) is 0 Å². The molecule has 2 aromatic carbocycles. The molecule has 58 heavy (non-hydrogen) atoms. The molecular formula is C43H50O15. The van der Waals surface area contributed by atoms with Crippen LogP contribution in [-0.4, -0.2) is 122 Å². The highest BCUT2D eigenvalue weighted by molar-refractivity contribution is 5.97.